The molecule has 4 heteroatoms. The van der Waals surface area contributed by atoms with E-state index in [0.717, 1.165) is 17.7 Å². The summed E-state index contributed by atoms with van der Waals surface area (Å²) in [5, 5.41) is 4.14. The minimum atomic E-state index is 0.0324. The quantitative estimate of drug-likeness (QED) is 0.617. The van der Waals surface area contributed by atoms with Gasteiger partial charge >= 0.3 is 0 Å². The van der Waals surface area contributed by atoms with Crippen LogP contribution in [0.1, 0.15) is 29.9 Å². The molecule has 2 rings (SSSR count). The first-order chi connectivity index (χ1) is 7.36. The molecule has 0 bridgehead atoms. The van der Waals surface area contributed by atoms with E-state index in [2.05, 4.69) is 23.8 Å². The smallest absolute Gasteiger partial charge is 0.108 e. The van der Waals surface area contributed by atoms with E-state index in [4.69, 9.17) is 10.3 Å². The molecule has 0 spiro atoms. The van der Waals surface area contributed by atoms with E-state index in [-0.39, 0.29) is 6.04 Å². The van der Waals surface area contributed by atoms with Gasteiger partial charge in [0.25, 0.3) is 0 Å². The third-order valence-corrected chi connectivity index (χ3v) is 3.16. The van der Waals surface area contributed by atoms with Gasteiger partial charge in [-0.15, -0.1) is 0 Å². The molecule has 0 aliphatic heterocycles. The molecule has 0 aromatic carbocycles. The van der Waals surface area contributed by atoms with Crippen LogP contribution in [0.3, 0.4) is 0 Å². The summed E-state index contributed by atoms with van der Waals surface area (Å²) in [5.74, 6) is 6.58. The van der Waals surface area contributed by atoms with Crippen LogP contribution in [0.15, 0.2) is 33.6 Å². The van der Waals surface area contributed by atoms with Crippen LogP contribution in [0.5, 0.6) is 0 Å². The highest BCUT2D eigenvalue weighted by molar-refractivity contribution is 7.08. The zero-order valence-electron chi connectivity index (χ0n) is 8.57. The Bertz CT molecular complexity index is 408. The first kappa shape index (κ1) is 10.4. The molecule has 3 N–H and O–H groups in total. The monoisotopic (exact) mass is 222 g/mol. The number of thiophene rings is 1. The van der Waals surface area contributed by atoms with Crippen molar-refractivity contribution in [3.63, 3.8) is 0 Å². The molecule has 0 saturated heterocycles. The lowest BCUT2D eigenvalue weighted by atomic mass is 10.0. The van der Waals surface area contributed by atoms with Crippen LogP contribution >= 0.6 is 11.3 Å². The zero-order chi connectivity index (χ0) is 10.7. The van der Waals surface area contributed by atoms with Gasteiger partial charge in [-0.3, -0.25) is 5.84 Å². The van der Waals surface area contributed by atoms with Crippen molar-refractivity contribution in [2.24, 2.45) is 5.84 Å². The van der Waals surface area contributed by atoms with Crippen LogP contribution in [-0.2, 0) is 6.42 Å². The van der Waals surface area contributed by atoms with Crippen molar-refractivity contribution in [3.05, 3.63) is 46.0 Å². The van der Waals surface area contributed by atoms with Gasteiger partial charge in [-0.25, -0.2) is 5.43 Å². The Kier molecular flexibility index (Phi) is 3.20. The topological polar surface area (TPSA) is 51.2 Å². The molecule has 0 amide bonds. The number of hydrogen-bond donors (Lipinski definition) is 2. The van der Waals surface area contributed by atoms with E-state index in [9.17, 15) is 0 Å². The van der Waals surface area contributed by atoms with E-state index in [1.807, 2.05) is 11.4 Å². The number of hydrazine groups is 1. The lowest BCUT2D eigenvalue weighted by Crippen LogP contribution is -2.28. The first-order valence-corrected chi connectivity index (χ1v) is 5.85. The average molecular weight is 222 g/mol. The van der Waals surface area contributed by atoms with Crippen molar-refractivity contribution in [1.29, 1.82) is 0 Å². The number of nitrogens with one attached hydrogen (secondary N) is 1. The number of furan rings is 1. The Morgan fingerprint density at radius 1 is 1.53 bits per heavy atom. The minimum absolute atomic E-state index is 0.0324. The third-order valence-electron chi connectivity index (χ3n) is 2.46. The summed E-state index contributed by atoms with van der Waals surface area (Å²) in [6.45, 7) is 2.07. The molecule has 2 aromatic heterocycles. The molecule has 1 atom stereocenters. The van der Waals surface area contributed by atoms with Crippen LogP contribution in [0.2, 0.25) is 0 Å². The maximum atomic E-state index is 5.59. The summed E-state index contributed by atoms with van der Waals surface area (Å²) in [7, 11) is 0. The van der Waals surface area contributed by atoms with E-state index in [0.29, 0.717) is 0 Å². The van der Waals surface area contributed by atoms with Crippen LogP contribution < -0.4 is 11.3 Å². The van der Waals surface area contributed by atoms with Gasteiger partial charge < -0.3 is 4.42 Å². The highest BCUT2D eigenvalue weighted by atomic mass is 32.1. The molecule has 15 heavy (non-hydrogen) atoms. The van der Waals surface area contributed by atoms with Crippen LogP contribution in [-0.4, -0.2) is 0 Å². The summed E-state index contributed by atoms with van der Waals surface area (Å²) in [6.07, 6.45) is 2.59. The van der Waals surface area contributed by atoms with Crippen LogP contribution in [0.25, 0.3) is 0 Å². The molecule has 0 saturated carbocycles. The van der Waals surface area contributed by atoms with E-state index in [1.165, 1.54) is 5.56 Å². The van der Waals surface area contributed by atoms with Gasteiger partial charge in [-0.1, -0.05) is 6.92 Å². The van der Waals surface area contributed by atoms with E-state index >= 15 is 0 Å². The van der Waals surface area contributed by atoms with Crippen molar-refractivity contribution in [2.45, 2.75) is 19.4 Å². The standard InChI is InChI=1S/C11H14N2OS/c1-2-10-9(3-5-14-10)11(13-12)8-4-6-15-7-8/h3-7,11,13H,2,12H2,1H3. The molecular formula is C11H14N2OS. The summed E-state index contributed by atoms with van der Waals surface area (Å²) in [6, 6.07) is 4.08. The van der Waals surface area contributed by atoms with Crippen molar-refractivity contribution < 1.29 is 4.42 Å². The van der Waals surface area contributed by atoms with Gasteiger partial charge in [0.2, 0.25) is 0 Å². The molecule has 2 heterocycles. The molecule has 2 aromatic rings. The lowest BCUT2D eigenvalue weighted by molar-refractivity contribution is 0.502. The second-order valence-electron chi connectivity index (χ2n) is 3.31. The number of aryl methyl sites for hydroxylation is 1. The normalized spacial score (nSPS) is 12.9. The van der Waals surface area contributed by atoms with Crippen molar-refractivity contribution in [2.75, 3.05) is 0 Å². The highest BCUT2D eigenvalue weighted by Gasteiger charge is 2.17. The molecular weight excluding hydrogens is 208 g/mol. The van der Waals surface area contributed by atoms with Gasteiger partial charge in [-0.05, 0) is 28.5 Å². The number of nitrogens with two attached hydrogens (primary N) is 1. The minimum Gasteiger partial charge on any atom is -0.469 e. The Morgan fingerprint density at radius 2 is 2.40 bits per heavy atom. The fraction of sp³-hybridized carbons (Fsp3) is 0.273. The Balaban J connectivity index is 2.35. The third kappa shape index (κ3) is 1.97. The van der Waals surface area contributed by atoms with Crippen LogP contribution in [0.4, 0.5) is 0 Å². The summed E-state index contributed by atoms with van der Waals surface area (Å²) >= 11 is 1.67. The maximum absolute atomic E-state index is 5.59. The second-order valence-corrected chi connectivity index (χ2v) is 4.09. The van der Waals surface area contributed by atoms with Gasteiger partial charge in [0.05, 0.1) is 12.3 Å². The Labute approximate surface area is 92.9 Å². The Hall–Kier alpha value is -1.10. The van der Waals surface area contributed by atoms with Crippen molar-refractivity contribution in [1.82, 2.24) is 5.43 Å². The maximum Gasteiger partial charge on any atom is 0.108 e. The lowest BCUT2D eigenvalue weighted by Gasteiger charge is -2.14. The number of hydrogen-bond acceptors (Lipinski definition) is 4. The second kappa shape index (κ2) is 4.61. The Morgan fingerprint density at radius 3 is 3.00 bits per heavy atom. The van der Waals surface area contributed by atoms with Gasteiger partial charge in [0.1, 0.15) is 5.76 Å². The molecule has 3 nitrogen and oxygen atoms in total. The van der Waals surface area contributed by atoms with Crippen molar-refractivity contribution in [3.8, 4) is 0 Å². The molecule has 0 fully saturated rings. The highest BCUT2D eigenvalue weighted by Crippen LogP contribution is 2.27. The average Bonchev–Trinajstić information content (AvgIpc) is 2.89. The van der Waals surface area contributed by atoms with Gasteiger partial charge in [0.15, 0.2) is 0 Å². The largest absolute Gasteiger partial charge is 0.469 e. The fourth-order valence-corrected chi connectivity index (χ4v) is 2.39. The number of rotatable bonds is 4. The van der Waals surface area contributed by atoms with Gasteiger partial charge in [0, 0.05) is 12.0 Å². The molecule has 1 unspecified atom stereocenters. The summed E-state index contributed by atoms with van der Waals surface area (Å²) in [5.41, 5.74) is 5.13. The van der Waals surface area contributed by atoms with Gasteiger partial charge in [-0.2, -0.15) is 11.3 Å². The first-order valence-electron chi connectivity index (χ1n) is 4.91. The van der Waals surface area contributed by atoms with Crippen LogP contribution in [0, 0.1) is 0 Å². The predicted octanol–water partition coefficient (Wildman–Crippen LogP) is 2.46. The predicted molar refractivity (Wildman–Crippen MR) is 61.6 cm³/mol. The molecule has 0 aliphatic rings. The van der Waals surface area contributed by atoms with E-state index < -0.39 is 0 Å². The molecule has 80 valence electrons. The van der Waals surface area contributed by atoms with E-state index in [1.54, 1.807) is 17.6 Å². The van der Waals surface area contributed by atoms with Crippen molar-refractivity contribution >= 4 is 11.3 Å². The summed E-state index contributed by atoms with van der Waals surface area (Å²) < 4.78 is 5.40. The molecule has 0 radical (unpaired) electrons. The molecule has 0 aliphatic carbocycles. The summed E-state index contributed by atoms with van der Waals surface area (Å²) in [4.78, 5) is 0. The fourth-order valence-electron chi connectivity index (χ4n) is 1.70. The zero-order valence-corrected chi connectivity index (χ0v) is 9.38. The SMILES string of the molecule is CCc1occc1C(NN)c1ccsc1.